The summed E-state index contributed by atoms with van der Waals surface area (Å²) in [6.45, 7) is 1.59. The number of hydrogen-bond acceptors (Lipinski definition) is 3. The number of hydrogen-bond donors (Lipinski definition) is 2. The van der Waals surface area contributed by atoms with Crippen LogP contribution < -0.4 is 16.2 Å². The van der Waals surface area contributed by atoms with E-state index in [2.05, 4.69) is 4.74 Å². The van der Waals surface area contributed by atoms with E-state index < -0.39 is 18.2 Å². The van der Waals surface area contributed by atoms with Crippen LogP contribution in [-0.4, -0.2) is 6.36 Å². The molecule has 112 valence electrons. The fourth-order valence-electron chi connectivity index (χ4n) is 2.17. The van der Waals surface area contributed by atoms with Crippen LogP contribution in [0.5, 0.6) is 5.75 Å². The van der Waals surface area contributed by atoms with Crippen molar-refractivity contribution in [2.45, 2.75) is 19.3 Å². The summed E-state index contributed by atoms with van der Waals surface area (Å²) in [5.74, 6) is -0.432. The molecule has 0 saturated carbocycles. The van der Waals surface area contributed by atoms with Crippen molar-refractivity contribution < 1.29 is 17.9 Å². The van der Waals surface area contributed by atoms with Crippen LogP contribution in [0.1, 0.15) is 18.5 Å². The molecule has 0 heterocycles. The van der Waals surface area contributed by atoms with Crippen molar-refractivity contribution in [3.8, 4) is 16.9 Å². The van der Waals surface area contributed by atoms with E-state index in [4.69, 9.17) is 11.5 Å². The molecule has 4 N–H and O–H groups in total. The smallest absolute Gasteiger partial charge is 0.403 e. The second-order valence-corrected chi connectivity index (χ2v) is 4.65. The molecule has 0 radical (unpaired) electrons. The quantitative estimate of drug-likeness (QED) is 0.846. The Morgan fingerprint density at radius 1 is 1.05 bits per heavy atom. The maximum atomic E-state index is 12.6. The van der Waals surface area contributed by atoms with Crippen LogP contribution in [0.4, 0.5) is 18.9 Å². The van der Waals surface area contributed by atoms with Gasteiger partial charge in [-0.15, -0.1) is 13.2 Å². The Hall–Kier alpha value is -2.21. The van der Waals surface area contributed by atoms with Gasteiger partial charge >= 0.3 is 6.36 Å². The van der Waals surface area contributed by atoms with Gasteiger partial charge in [-0.3, -0.25) is 0 Å². The lowest BCUT2D eigenvalue weighted by atomic mass is 9.94. The second kappa shape index (κ2) is 5.65. The topological polar surface area (TPSA) is 61.3 Å². The molecular weight excluding hydrogens is 281 g/mol. The molecule has 0 aromatic heterocycles. The molecule has 2 aromatic carbocycles. The van der Waals surface area contributed by atoms with Crippen LogP contribution in [0.25, 0.3) is 11.1 Å². The first kappa shape index (κ1) is 15.2. The van der Waals surface area contributed by atoms with Crippen LogP contribution in [0.3, 0.4) is 0 Å². The molecule has 0 aliphatic carbocycles. The first-order valence-corrected chi connectivity index (χ1v) is 6.28. The van der Waals surface area contributed by atoms with Crippen molar-refractivity contribution in [3.63, 3.8) is 0 Å². The van der Waals surface area contributed by atoms with E-state index in [0.29, 0.717) is 5.56 Å². The van der Waals surface area contributed by atoms with Gasteiger partial charge in [0.25, 0.3) is 0 Å². The van der Waals surface area contributed by atoms with E-state index in [9.17, 15) is 13.2 Å². The Bertz CT molecular complexity index is 625. The van der Waals surface area contributed by atoms with Gasteiger partial charge in [-0.25, -0.2) is 0 Å². The Labute approximate surface area is 120 Å². The minimum atomic E-state index is -4.83. The molecule has 0 saturated heterocycles. The van der Waals surface area contributed by atoms with Crippen molar-refractivity contribution in [3.05, 3.63) is 48.0 Å². The van der Waals surface area contributed by atoms with E-state index in [0.717, 1.165) is 5.56 Å². The fourth-order valence-corrected chi connectivity index (χ4v) is 2.17. The van der Waals surface area contributed by atoms with Gasteiger partial charge in [0.15, 0.2) is 5.75 Å². The minimum absolute atomic E-state index is 0.0979. The predicted octanol–water partition coefficient (Wildman–Crippen LogP) is 3.85. The van der Waals surface area contributed by atoms with Crippen molar-refractivity contribution in [2.24, 2.45) is 5.73 Å². The van der Waals surface area contributed by atoms with Crippen molar-refractivity contribution in [1.82, 2.24) is 0 Å². The van der Waals surface area contributed by atoms with E-state index in [1.165, 1.54) is 6.07 Å². The number of nitrogens with two attached hydrogens (primary N) is 2. The van der Waals surface area contributed by atoms with E-state index in [1.807, 2.05) is 6.07 Å². The molecule has 2 aromatic rings. The second-order valence-electron chi connectivity index (χ2n) is 4.65. The highest BCUT2D eigenvalue weighted by atomic mass is 19.4. The van der Waals surface area contributed by atoms with Crippen LogP contribution in [-0.2, 0) is 0 Å². The van der Waals surface area contributed by atoms with Crippen molar-refractivity contribution >= 4 is 5.69 Å². The molecule has 1 atom stereocenters. The maximum Gasteiger partial charge on any atom is 0.573 e. The SMILES string of the molecule is CC(N)c1c(-c2ccccc2)ccc(N)c1OC(F)(F)F. The highest BCUT2D eigenvalue weighted by molar-refractivity contribution is 5.75. The molecule has 0 spiro atoms. The first-order valence-electron chi connectivity index (χ1n) is 6.28. The number of nitrogen functional groups attached to an aromatic ring is 1. The minimum Gasteiger partial charge on any atom is -0.403 e. The van der Waals surface area contributed by atoms with Gasteiger partial charge in [0.1, 0.15) is 0 Å². The van der Waals surface area contributed by atoms with Crippen LogP contribution in [0.15, 0.2) is 42.5 Å². The Morgan fingerprint density at radius 2 is 1.67 bits per heavy atom. The molecule has 1 unspecified atom stereocenters. The van der Waals surface area contributed by atoms with E-state index >= 15 is 0 Å². The summed E-state index contributed by atoms with van der Waals surface area (Å²) in [7, 11) is 0. The zero-order chi connectivity index (χ0) is 15.6. The molecule has 6 heteroatoms. The number of rotatable bonds is 3. The molecule has 2 rings (SSSR count). The molecule has 0 bridgehead atoms. The van der Waals surface area contributed by atoms with Gasteiger partial charge in [0, 0.05) is 11.6 Å². The number of alkyl halides is 3. The normalized spacial score (nSPS) is 13.0. The molecular formula is C15H15F3N2O. The Kier molecular flexibility index (Phi) is 4.09. The molecule has 3 nitrogen and oxygen atoms in total. The summed E-state index contributed by atoms with van der Waals surface area (Å²) in [5, 5.41) is 0. The third-order valence-electron chi connectivity index (χ3n) is 2.98. The number of benzene rings is 2. The number of ether oxygens (including phenoxy) is 1. The Morgan fingerprint density at radius 3 is 2.19 bits per heavy atom. The average Bonchev–Trinajstić information content (AvgIpc) is 2.40. The Balaban J connectivity index is 2.65. The lowest BCUT2D eigenvalue weighted by Gasteiger charge is -2.21. The molecule has 0 fully saturated rings. The summed E-state index contributed by atoms with van der Waals surface area (Å²) in [5.41, 5.74) is 12.9. The summed E-state index contributed by atoms with van der Waals surface area (Å²) in [6, 6.07) is 11.3. The van der Waals surface area contributed by atoms with Crippen molar-refractivity contribution in [1.29, 1.82) is 0 Å². The molecule has 21 heavy (non-hydrogen) atoms. The zero-order valence-electron chi connectivity index (χ0n) is 11.3. The summed E-state index contributed by atoms with van der Waals surface area (Å²) in [4.78, 5) is 0. The molecule has 0 aliphatic heterocycles. The standard InChI is InChI=1S/C15H15F3N2O/c1-9(19)13-11(10-5-3-2-4-6-10)7-8-12(20)14(13)21-15(16,17)18/h2-9H,19-20H2,1H3. The van der Waals surface area contributed by atoms with Gasteiger partial charge in [-0.1, -0.05) is 36.4 Å². The van der Waals surface area contributed by atoms with Crippen LogP contribution in [0.2, 0.25) is 0 Å². The highest BCUT2D eigenvalue weighted by Crippen LogP contribution is 2.40. The largest absolute Gasteiger partial charge is 0.573 e. The summed E-state index contributed by atoms with van der Waals surface area (Å²) < 4.78 is 41.8. The lowest BCUT2D eigenvalue weighted by Crippen LogP contribution is -2.21. The first-order chi connectivity index (χ1) is 9.79. The van der Waals surface area contributed by atoms with Crippen LogP contribution >= 0.6 is 0 Å². The zero-order valence-corrected chi connectivity index (χ0v) is 11.3. The fraction of sp³-hybridized carbons (Fsp3) is 0.200. The monoisotopic (exact) mass is 296 g/mol. The molecule has 0 amide bonds. The van der Waals surface area contributed by atoms with Gasteiger partial charge in [0.05, 0.1) is 5.69 Å². The van der Waals surface area contributed by atoms with E-state index in [1.54, 1.807) is 37.3 Å². The van der Waals surface area contributed by atoms with Gasteiger partial charge in [-0.2, -0.15) is 0 Å². The predicted molar refractivity (Wildman–Crippen MR) is 75.6 cm³/mol. The summed E-state index contributed by atoms with van der Waals surface area (Å²) >= 11 is 0. The third kappa shape index (κ3) is 3.46. The average molecular weight is 296 g/mol. The summed E-state index contributed by atoms with van der Waals surface area (Å²) in [6.07, 6.45) is -4.83. The lowest BCUT2D eigenvalue weighted by molar-refractivity contribution is -0.274. The van der Waals surface area contributed by atoms with Gasteiger partial charge < -0.3 is 16.2 Å². The highest BCUT2D eigenvalue weighted by Gasteiger charge is 2.34. The van der Waals surface area contributed by atoms with Crippen LogP contribution in [0, 0.1) is 0 Å². The van der Waals surface area contributed by atoms with Gasteiger partial charge in [-0.05, 0) is 24.1 Å². The van der Waals surface area contributed by atoms with Crippen molar-refractivity contribution in [2.75, 3.05) is 5.73 Å². The molecule has 0 aliphatic rings. The number of anilines is 1. The maximum absolute atomic E-state index is 12.6. The third-order valence-corrected chi connectivity index (χ3v) is 2.98. The number of halogens is 3. The van der Waals surface area contributed by atoms with E-state index in [-0.39, 0.29) is 11.3 Å². The van der Waals surface area contributed by atoms with Gasteiger partial charge in [0.2, 0.25) is 0 Å².